The van der Waals surface area contributed by atoms with Gasteiger partial charge >= 0.3 is 17.9 Å². The molecule has 0 heterocycles. The van der Waals surface area contributed by atoms with E-state index in [2.05, 4.69) is 118 Å². The summed E-state index contributed by atoms with van der Waals surface area (Å²) in [5.41, 5.74) is 0. The van der Waals surface area contributed by atoms with Crippen LogP contribution in [0.15, 0.2) is 97.2 Å². The van der Waals surface area contributed by atoms with Crippen LogP contribution in [0.5, 0.6) is 0 Å². The van der Waals surface area contributed by atoms with E-state index >= 15 is 0 Å². The molecule has 0 spiro atoms. The number of hydrogen-bond donors (Lipinski definition) is 0. The summed E-state index contributed by atoms with van der Waals surface area (Å²) in [7, 11) is 0. The molecule has 6 heteroatoms. The maximum absolute atomic E-state index is 12.9. The van der Waals surface area contributed by atoms with Crippen molar-refractivity contribution in [1.82, 2.24) is 0 Å². The Morgan fingerprint density at radius 3 is 0.810 bits per heavy atom. The first-order valence-electron chi connectivity index (χ1n) is 33.7. The minimum absolute atomic E-state index is 0.0922. The van der Waals surface area contributed by atoms with Crippen molar-refractivity contribution < 1.29 is 28.6 Å². The van der Waals surface area contributed by atoms with Gasteiger partial charge in [0.1, 0.15) is 13.2 Å². The van der Waals surface area contributed by atoms with E-state index in [0.717, 1.165) is 96.3 Å². The highest BCUT2D eigenvalue weighted by Crippen LogP contribution is 2.16. The van der Waals surface area contributed by atoms with E-state index in [1.54, 1.807) is 0 Å². The van der Waals surface area contributed by atoms with Crippen LogP contribution in [0.2, 0.25) is 0 Å². The van der Waals surface area contributed by atoms with Gasteiger partial charge in [0, 0.05) is 19.3 Å². The lowest BCUT2D eigenvalue weighted by molar-refractivity contribution is -0.167. The van der Waals surface area contributed by atoms with Crippen LogP contribution >= 0.6 is 0 Å². The van der Waals surface area contributed by atoms with E-state index in [0.29, 0.717) is 19.3 Å². The summed E-state index contributed by atoms with van der Waals surface area (Å²) in [6.07, 6.45) is 89.9. The molecule has 0 aliphatic heterocycles. The molecule has 0 aliphatic carbocycles. The van der Waals surface area contributed by atoms with Gasteiger partial charge in [0.2, 0.25) is 0 Å². The molecule has 0 aromatic heterocycles. The van der Waals surface area contributed by atoms with E-state index < -0.39 is 6.10 Å². The fourth-order valence-electron chi connectivity index (χ4n) is 9.50. The Hall–Kier alpha value is -3.67. The fourth-order valence-corrected chi connectivity index (χ4v) is 9.50. The zero-order valence-corrected chi connectivity index (χ0v) is 52.1. The second kappa shape index (κ2) is 66.8. The highest BCUT2D eigenvalue weighted by molar-refractivity contribution is 5.71. The van der Waals surface area contributed by atoms with Crippen LogP contribution in [0.25, 0.3) is 0 Å². The van der Waals surface area contributed by atoms with Gasteiger partial charge in [-0.05, 0) is 122 Å². The zero-order valence-electron chi connectivity index (χ0n) is 52.1. The molecule has 0 aliphatic rings. The summed E-state index contributed by atoms with van der Waals surface area (Å²) in [6, 6.07) is 0. The Labute approximate surface area is 489 Å². The van der Waals surface area contributed by atoms with Crippen LogP contribution < -0.4 is 0 Å². The third-order valence-corrected chi connectivity index (χ3v) is 14.5. The summed E-state index contributed by atoms with van der Waals surface area (Å²) in [4.78, 5) is 38.4. The van der Waals surface area contributed by atoms with Gasteiger partial charge in [-0.15, -0.1) is 0 Å². The first-order valence-corrected chi connectivity index (χ1v) is 33.7. The average molecular weight is 1100 g/mol. The molecule has 0 fully saturated rings. The van der Waals surface area contributed by atoms with Crippen LogP contribution in [0.1, 0.15) is 329 Å². The van der Waals surface area contributed by atoms with E-state index in [9.17, 15) is 14.4 Å². The Bertz CT molecular complexity index is 1540. The normalized spacial score (nSPS) is 12.7. The van der Waals surface area contributed by atoms with E-state index in [1.165, 1.54) is 193 Å². The molecule has 0 aromatic carbocycles. The second-order valence-corrected chi connectivity index (χ2v) is 22.3. The van der Waals surface area contributed by atoms with Crippen molar-refractivity contribution in [1.29, 1.82) is 0 Å². The Morgan fingerprint density at radius 1 is 0.266 bits per heavy atom. The lowest BCUT2D eigenvalue weighted by atomic mass is 10.1. The quantitative estimate of drug-likeness (QED) is 0.0261. The van der Waals surface area contributed by atoms with Crippen molar-refractivity contribution in [2.24, 2.45) is 0 Å². The number of rotatable bonds is 61. The first kappa shape index (κ1) is 75.3. The summed E-state index contributed by atoms with van der Waals surface area (Å²) in [5, 5.41) is 0. The molecule has 1 atom stereocenters. The first-order chi connectivity index (χ1) is 39.0. The van der Waals surface area contributed by atoms with Gasteiger partial charge in [-0.25, -0.2) is 0 Å². The van der Waals surface area contributed by atoms with Gasteiger partial charge < -0.3 is 14.2 Å². The molecule has 454 valence electrons. The maximum atomic E-state index is 12.9. The van der Waals surface area contributed by atoms with Crippen LogP contribution in [-0.2, 0) is 28.6 Å². The lowest BCUT2D eigenvalue weighted by Crippen LogP contribution is -2.30. The van der Waals surface area contributed by atoms with E-state index in [1.807, 2.05) is 0 Å². The average Bonchev–Trinajstić information content (AvgIpc) is 3.45. The number of unbranched alkanes of at least 4 members (excludes halogenated alkanes) is 34. The Balaban J connectivity index is 4.45. The highest BCUT2D eigenvalue weighted by atomic mass is 16.6. The van der Waals surface area contributed by atoms with Gasteiger partial charge in [0.15, 0.2) is 6.10 Å². The van der Waals surface area contributed by atoms with Crippen LogP contribution in [-0.4, -0.2) is 37.2 Å². The summed E-state index contributed by atoms with van der Waals surface area (Å²) < 4.78 is 16.9. The molecule has 0 saturated heterocycles. The summed E-state index contributed by atoms with van der Waals surface area (Å²) >= 11 is 0. The third-order valence-electron chi connectivity index (χ3n) is 14.5. The number of carbonyl (C=O) groups excluding carboxylic acids is 3. The molecule has 0 rings (SSSR count). The second-order valence-electron chi connectivity index (χ2n) is 22.3. The van der Waals surface area contributed by atoms with Gasteiger partial charge in [-0.1, -0.05) is 285 Å². The maximum Gasteiger partial charge on any atom is 0.306 e. The summed E-state index contributed by atoms with van der Waals surface area (Å²) in [6.45, 7) is 6.52. The standard InChI is InChI=1S/C73H126O6/c1-4-7-10-13-16-19-22-25-28-31-34-36-39-42-45-48-51-54-57-60-63-66-72(75)78-69-70(68-77-71(74)65-62-59-56-53-50-47-44-41-38-33-30-27-24-21-18-15-12-9-6-3)79-73(76)67-64-61-58-55-52-49-46-43-40-37-35-32-29-26-23-20-17-14-11-8-5-2/h7,10,16,19,25,27-28,30,32,34-36,42,45,51,54,70H,4-6,8-9,11-15,17-18,20-24,26,29,31,33,37-41,43-44,46-50,52-53,55-69H2,1-3H3/b10-7-,19-16-,28-25-,30-27-,35-32-,36-34-,45-42-,54-51-. The molecule has 0 saturated carbocycles. The smallest absolute Gasteiger partial charge is 0.306 e. The van der Waals surface area contributed by atoms with Crippen molar-refractivity contribution in [3.05, 3.63) is 97.2 Å². The van der Waals surface area contributed by atoms with Gasteiger partial charge in [-0.3, -0.25) is 14.4 Å². The van der Waals surface area contributed by atoms with Crippen molar-refractivity contribution >= 4 is 17.9 Å². The predicted molar refractivity (Wildman–Crippen MR) is 344 cm³/mol. The largest absolute Gasteiger partial charge is 0.462 e. The number of carbonyl (C=O) groups is 3. The molecule has 0 radical (unpaired) electrons. The minimum Gasteiger partial charge on any atom is -0.462 e. The Morgan fingerprint density at radius 2 is 0.494 bits per heavy atom. The van der Waals surface area contributed by atoms with Crippen molar-refractivity contribution in [3.63, 3.8) is 0 Å². The number of allylic oxidation sites excluding steroid dienone is 16. The third kappa shape index (κ3) is 65.0. The predicted octanol–water partition coefficient (Wildman–Crippen LogP) is 23.2. The number of hydrogen-bond acceptors (Lipinski definition) is 6. The van der Waals surface area contributed by atoms with Crippen molar-refractivity contribution in [3.8, 4) is 0 Å². The van der Waals surface area contributed by atoms with Gasteiger partial charge in [0.25, 0.3) is 0 Å². The van der Waals surface area contributed by atoms with Crippen molar-refractivity contribution in [2.45, 2.75) is 335 Å². The van der Waals surface area contributed by atoms with E-state index in [4.69, 9.17) is 14.2 Å². The fraction of sp³-hybridized carbons (Fsp3) is 0.740. The molecule has 6 nitrogen and oxygen atoms in total. The Kier molecular flexibility index (Phi) is 63.7. The van der Waals surface area contributed by atoms with Crippen molar-refractivity contribution in [2.75, 3.05) is 13.2 Å². The number of ether oxygens (including phenoxy) is 3. The monoisotopic (exact) mass is 1100 g/mol. The molecular formula is C73H126O6. The van der Waals surface area contributed by atoms with Gasteiger partial charge in [-0.2, -0.15) is 0 Å². The lowest BCUT2D eigenvalue weighted by Gasteiger charge is -2.18. The molecule has 0 aromatic rings. The topological polar surface area (TPSA) is 78.9 Å². The van der Waals surface area contributed by atoms with Crippen LogP contribution in [0, 0.1) is 0 Å². The molecular weight excluding hydrogens is 973 g/mol. The molecule has 79 heavy (non-hydrogen) atoms. The zero-order chi connectivity index (χ0) is 57.1. The van der Waals surface area contributed by atoms with E-state index in [-0.39, 0.29) is 31.1 Å². The highest BCUT2D eigenvalue weighted by Gasteiger charge is 2.19. The minimum atomic E-state index is -0.800. The van der Waals surface area contributed by atoms with Crippen LogP contribution in [0.4, 0.5) is 0 Å². The molecule has 1 unspecified atom stereocenters. The molecule has 0 N–H and O–H groups in total. The van der Waals surface area contributed by atoms with Crippen LogP contribution in [0.3, 0.4) is 0 Å². The molecule has 0 bridgehead atoms. The number of esters is 3. The SMILES string of the molecule is CC/C=C\C/C=C\C/C=C\C/C=C\C/C=C\C/C=C\CCCCC(=O)OCC(COC(=O)CCCCCCCCCCC/C=C\CCCCCCCC)OC(=O)CCCCCCCCCCC/C=C\CCCCCCCCCC. The van der Waals surface area contributed by atoms with Gasteiger partial charge in [0.05, 0.1) is 0 Å². The summed E-state index contributed by atoms with van der Waals surface area (Å²) in [5.74, 6) is -0.928. The molecule has 0 amide bonds.